The van der Waals surface area contributed by atoms with Crippen LogP contribution in [0.15, 0.2) is 41.8 Å². The SMILES string of the molecule is CN(Cc1ccc(Cl)c(Cl)c1)C(=O)COC(=O)/C=C/c1cccs1. The topological polar surface area (TPSA) is 46.6 Å². The number of carbonyl (C=O) groups is 2. The van der Waals surface area contributed by atoms with Crippen LogP contribution < -0.4 is 0 Å². The molecule has 0 atom stereocenters. The van der Waals surface area contributed by atoms with Gasteiger partial charge < -0.3 is 9.64 Å². The summed E-state index contributed by atoms with van der Waals surface area (Å²) < 4.78 is 4.94. The molecule has 1 heterocycles. The fourth-order valence-corrected chi connectivity index (χ4v) is 2.77. The van der Waals surface area contributed by atoms with Gasteiger partial charge in [-0.3, -0.25) is 4.79 Å². The summed E-state index contributed by atoms with van der Waals surface area (Å²) in [6.07, 6.45) is 2.95. The van der Waals surface area contributed by atoms with Crippen molar-refractivity contribution in [2.75, 3.05) is 13.7 Å². The molecule has 2 rings (SSSR count). The van der Waals surface area contributed by atoms with Crippen LogP contribution in [0.1, 0.15) is 10.4 Å². The summed E-state index contributed by atoms with van der Waals surface area (Å²) in [5.74, 6) is -0.862. The number of thiophene rings is 1. The normalized spacial score (nSPS) is 10.8. The monoisotopic (exact) mass is 383 g/mol. The Morgan fingerprint density at radius 3 is 2.71 bits per heavy atom. The molecular formula is C17H15Cl2NO3S. The van der Waals surface area contributed by atoms with Gasteiger partial charge in [0.15, 0.2) is 6.61 Å². The predicted octanol–water partition coefficient (Wildman–Crippen LogP) is 4.27. The number of rotatable bonds is 6. The molecule has 0 aliphatic rings. The van der Waals surface area contributed by atoms with Crippen LogP contribution in [-0.2, 0) is 20.9 Å². The van der Waals surface area contributed by atoms with Gasteiger partial charge in [0.25, 0.3) is 5.91 Å². The summed E-state index contributed by atoms with van der Waals surface area (Å²) in [5.41, 5.74) is 0.837. The van der Waals surface area contributed by atoms with Crippen molar-refractivity contribution in [2.24, 2.45) is 0 Å². The predicted molar refractivity (Wildman–Crippen MR) is 97.2 cm³/mol. The third-order valence-corrected chi connectivity index (χ3v) is 4.67. The molecule has 0 bridgehead atoms. The molecule has 4 nitrogen and oxygen atoms in total. The number of hydrogen-bond acceptors (Lipinski definition) is 4. The van der Waals surface area contributed by atoms with E-state index in [4.69, 9.17) is 27.9 Å². The second kappa shape index (κ2) is 8.87. The first kappa shape index (κ1) is 18.5. The summed E-state index contributed by atoms with van der Waals surface area (Å²) >= 11 is 13.3. The van der Waals surface area contributed by atoms with Crippen LogP contribution in [0, 0.1) is 0 Å². The van der Waals surface area contributed by atoms with Crippen molar-refractivity contribution in [2.45, 2.75) is 6.54 Å². The molecule has 1 amide bonds. The van der Waals surface area contributed by atoms with Crippen LogP contribution in [0.4, 0.5) is 0 Å². The second-order valence-corrected chi connectivity index (χ2v) is 6.75. The van der Waals surface area contributed by atoms with E-state index in [-0.39, 0.29) is 12.5 Å². The molecule has 0 radical (unpaired) electrons. The van der Waals surface area contributed by atoms with Gasteiger partial charge in [0.05, 0.1) is 10.0 Å². The summed E-state index contributed by atoms with van der Waals surface area (Å²) in [5, 5.41) is 2.80. The number of carbonyl (C=O) groups excluding carboxylic acids is 2. The number of ether oxygens (including phenoxy) is 1. The number of hydrogen-bond donors (Lipinski definition) is 0. The van der Waals surface area contributed by atoms with Gasteiger partial charge in [-0.1, -0.05) is 35.3 Å². The molecule has 0 aliphatic carbocycles. The Morgan fingerprint density at radius 1 is 1.25 bits per heavy atom. The minimum atomic E-state index is -0.556. The molecule has 0 spiro atoms. The lowest BCUT2D eigenvalue weighted by Gasteiger charge is -2.17. The van der Waals surface area contributed by atoms with Crippen molar-refractivity contribution in [3.63, 3.8) is 0 Å². The van der Waals surface area contributed by atoms with E-state index in [1.54, 1.807) is 31.3 Å². The van der Waals surface area contributed by atoms with Crippen molar-refractivity contribution in [1.29, 1.82) is 0 Å². The van der Waals surface area contributed by atoms with E-state index in [0.717, 1.165) is 10.4 Å². The van der Waals surface area contributed by atoms with E-state index >= 15 is 0 Å². The quantitative estimate of drug-likeness (QED) is 0.552. The molecule has 0 unspecified atom stereocenters. The summed E-state index contributed by atoms with van der Waals surface area (Å²) in [7, 11) is 1.63. The van der Waals surface area contributed by atoms with Gasteiger partial charge in [-0.25, -0.2) is 4.79 Å². The van der Waals surface area contributed by atoms with Gasteiger partial charge in [0.2, 0.25) is 0 Å². The van der Waals surface area contributed by atoms with Crippen molar-refractivity contribution >= 4 is 52.5 Å². The Morgan fingerprint density at radius 2 is 2.04 bits per heavy atom. The van der Waals surface area contributed by atoms with Gasteiger partial charge in [-0.2, -0.15) is 0 Å². The molecule has 0 N–H and O–H groups in total. The van der Waals surface area contributed by atoms with Gasteiger partial charge in [0.1, 0.15) is 0 Å². The zero-order valence-corrected chi connectivity index (χ0v) is 15.2. The van der Waals surface area contributed by atoms with Gasteiger partial charge >= 0.3 is 5.97 Å². The van der Waals surface area contributed by atoms with Gasteiger partial charge in [0, 0.05) is 24.5 Å². The Kier molecular flexibility index (Phi) is 6.85. The van der Waals surface area contributed by atoms with E-state index in [0.29, 0.717) is 16.6 Å². The van der Waals surface area contributed by atoms with Crippen LogP contribution in [-0.4, -0.2) is 30.4 Å². The summed E-state index contributed by atoms with van der Waals surface area (Å²) in [6, 6.07) is 8.92. The highest BCUT2D eigenvalue weighted by molar-refractivity contribution is 7.10. The summed E-state index contributed by atoms with van der Waals surface area (Å²) in [6.45, 7) is 0.0315. The maximum Gasteiger partial charge on any atom is 0.331 e. The summed E-state index contributed by atoms with van der Waals surface area (Å²) in [4.78, 5) is 26.0. The minimum Gasteiger partial charge on any atom is -0.452 e. The first-order valence-electron chi connectivity index (χ1n) is 7.02. The fourth-order valence-electron chi connectivity index (χ4n) is 1.83. The lowest BCUT2D eigenvalue weighted by molar-refractivity contribution is -0.147. The molecule has 1 aromatic carbocycles. The number of likely N-dealkylation sites (N-methyl/N-ethyl adjacent to an activating group) is 1. The third-order valence-electron chi connectivity index (χ3n) is 3.09. The van der Waals surface area contributed by atoms with Crippen LogP contribution in [0.2, 0.25) is 10.0 Å². The van der Waals surface area contributed by atoms with Crippen molar-refractivity contribution in [3.05, 3.63) is 62.3 Å². The van der Waals surface area contributed by atoms with Crippen LogP contribution >= 0.6 is 34.5 Å². The van der Waals surface area contributed by atoms with Crippen LogP contribution in [0.3, 0.4) is 0 Å². The van der Waals surface area contributed by atoms with E-state index < -0.39 is 5.97 Å². The zero-order chi connectivity index (χ0) is 17.5. The standard InChI is InChI=1S/C17H15Cl2NO3S/c1-20(10-12-4-6-14(18)15(19)9-12)16(21)11-23-17(22)7-5-13-3-2-8-24-13/h2-9H,10-11H2,1H3/b7-5+. The molecule has 0 fully saturated rings. The molecule has 2 aromatic rings. The maximum atomic E-state index is 12.0. The molecule has 0 saturated heterocycles. The number of benzene rings is 1. The Balaban J connectivity index is 1.80. The molecule has 1 aromatic heterocycles. The molecule has 24 heavy (non-hydrogen) atoms. The molecular weight excluding hydrogens is 369 g/mol. The van der Waals surface area contributed by atoms with Gasteiger partial charge in [-0.15, -0.1) is 11.3 Å². The van der Waals surface area contributed by atoms with Crippen molar-refractivity contribution in [3.8, 4) is 0 Å². The third kappa shape index (κ3) is 5.67. The van der Waals surface area contributed by atoms with Crippen molar-refractivity contribution in [1.82, 2.24) is 4.90 Å². The van der Waals surface area contributed by atoms with E-state index in [1.165, 1.54) is 22.3 Å². The molecule has 0 aliphatic heterocycles. The largest absolute Gasteiger partial charge is 0.452 e. The fraction of sp³-hybridized carbons (Fsp3) is 0.176. The van der Waals surface area contributed by atoms with E-state index in [9.17, 15) is 9.59 Å². The smallest absolute Gasteiger partial charge is 0.331 e. The number of amides is 1. The van der Waals surface area contributed by atoms with Crippen LogP contribution in [0.5, 0.6) is 0 Å². The second-order valence-electron chi connectivity index (χ2n) is 4.95. The first-order chi connectivity index (χ1) is 11.5. The average molecular weight is 384 g/mol. The molecule has 126 valence electrons. The Labute approximate surface area is 154 Å². The Hall–Kier alpha value is -1.82. The molecule has 0 saturated carbocycles. The van der Waals surface area contributed by atoms with E-state index in [2.05, 4.69) is 0 Å². The number of halogens is 2. The lowest BCUT2D eigenvalue weighted by atomic mass is 10.2. The van der Waals surface area contributed by atoms with E-state index in [1.807, 2.05) is 17.5 Å². The van der Waals surface area contributed by atoms with Crippen molar-refractivity contribution < 1.29 is 14.3 Å². The van der Waals surface area contributed by atoms with Crippen LogP contribution in [0.25, 0.3) is 6.08 Å². The number of nitrogens with zero attached hydrogens (tertiary/aromatic N) is 1. The first-order valence-corrected chi connectivity index (χ1v) is 8.65. The molecule has 7 heteroatoms. The maximum absolute atomic E-state index is 12.0. The minimum absolute atomic E-state index is 0.307. The highest BCUT2D eigenvalue weighted by Gasteiger charge is 2.12. The zero-order valence-electron chi connectivity index (χ0n) is 12.9. The lowest BCUT2D eigenvalue weighted by Crippen LogP contribution is -2.30. The Bertz CT molecular complexity index is 744. The number of esters is 1. The highest BCUT2D eigenvalue weighted by Crippen LogP contribution is 2.23. The average Bonchev–Trinajstić information content (AvgIpc) is 3.07. The highest BCUT2D eigenvalue weighted by atomic mass is 35.5. The van der Waals surface area contributed by atoms with Gasteiger partial charge in [-0.05, 0) is 35.2 Å².